The molecular formula is C13H17NO4S2. The predicted molar refractivity (Wildman–Crippen MR) is 78.5 cm³/mol. The number of aryl methyl sites for hydroxylation is 2. The topological polar surface area (TPSA) is 83.5 Å². The summed E-state index contributed by atoms with van der Waals surface area (Å²) >= 11 is 1.44. The molecule has 110 valence electrons. The van der Waals surface area contributed by atoms with E-state index in [1.807, 2.05) is 6.92 Å². The average molecular weight is 315 g/mol. The number of carboxylic acid groups (broad SMARTS) is 1. The molecule has 2 N–H and O–H groups in total. The Morgan fingerprint density at radius 1 is 1.40 bits per heavy atom. The Labute approximate surface area is 122 Å². The van der Waals surface area contributed by atoms with Crippen molar-refractivity contribution >= 4 is 27.8 Å². The molecule has 1 saturated heterocycles. The zero-order valence-corrected chi connectivity index (χ0v) is 13.0. The van der Waals surface area contributed by atoms with Gasteiger partial charge in [0.05, 0.1) is 4.90 Å². The van der Waals surface area contributed by atoms with Gasteiger partial charge in [0.25, 0.3) is 0 Å². The molecule has 5 nitrogen and oxygen atoms in total. The highest BCUT2D eigenvalue weighted by atomic mass is 32.2. The van der Waals surface area contributed by atoms with Crippen LogP contribution in [0.4, 0.5) is 0 Å². The smallest absolute Gasteiger partial charge is 0.325 e. The van der Waals surface area contributed by atoms with Gasteiger partial charge in [0.1, 0.15) is 5.54 Å². The van der Waals surface area contributed by atoms with Crippen molar-refractivity contribution in [2.45, 2.75) is 30.7 Å². The van der Waals surface area contributed by atoms with Crippen molar-refractivity contribution in [3.05, 3.63) is 29.3 Å². The fraction of sp³-hybridized carbons (Fsp3) is 0.462. The van der Waals surface area contributed by atoms with Crippen LogP contribution >= 0.6 is 11.8 Å². The van der Waals surface area contributed by atoms with E-state index in [4.69, 9.17) is 0 Å². The Morgan fingerprint density at radius 2 is 2.10 bits per heavy atom. The van der Waals surface area contributed by atoms with Gasteiger partial charge < -0.3 is 5.11 Å². The molecule has 2 rings (SSSR count). The Balaban J connectivity index is 2.38. The Bertz CT molecular complexity index is 634. The third-order valence-electron chi connectivity index (χ3n) is 3.38. The van der Waals surface area contributed by atoms with E-state index in [1.54, 1.807) is 19.1 Å². The summed E-state index contributed by atoms with van der Waals surface area (Å²) in [5.74, 6) is -0.218. The molecule has 0 saturated carbocycles. The number of benzene rings is 1. The van der Waals surface area contributed by atoms with Gasteiger partial charge in [-0.05, 0) is 37.7 Å². The van der Waals surface area contributed by atoms with Gasteiger partial charge >= 0.3 is 5.97 Å². The lowest BCUT2D eigenvalue weighted by atomic mass is 10.0. The third-order valence-corrected chi connectivity index (χ3v) is 6.27. The van der Waals surface area contributed by atoms with Gasteiger partial charge in [-0.2, -0.15) is 16.5 Å². The van der Waals surface area contributed by atoms with Crippen LogP contribution in [-0.2, 0) is 14.8 Å². The highest BCUT2D eigenvalue weighted by Crippen LogP contribution is 2.30. The van der Waals surface area contributed by atoms with Crippen molar-refractivity contribution < 1.29 is 18.3 Å². The molecule has 7 heteroatoms. The SMILES string of the molecule is Cc1ccc(S(=O)(=O)NC2(C(=O)O)CCSC2)c(C)c1. The fourth-order valence-corrected chi connectivity index (χ4v) is 5.30. The minimum absolute atomic E-state index is 0.139. The summed E-state index contributed by atoms with van der Waals surface area (Å²) in [5.41, 5.74) is 0.190. The molecule has 0 bridgehead atoms. The summed E-state index contributed by atoms with van der Waals surface area (Å²) in [7, 11) is -3.84. The van der Waals surface area contributed by atoms with Crippen molar-refractivity contribution in [3.8, 4) is 0 Å². The van der Waals surface area contributed by atoms with Crippen molar-refractivity contribution in [2.24, 2.45) is 0 Å². The third kappa shape index (κ3) is 2.84. The van der Waals surface area contributed by atoms with E-state index in [-0.39, 0.29) is 10.6 Å². The Hall–Kier alpha value is -1.05. The van der Waals surface area contributed by atoms with Gasteiger partial charge in [-0.3, -0.25) is 4.79 Å². The number of hydrogen-bond acceptors (Lipinski definition) is 4. The number of rotatable bonds is 4. The molecule has 0 aromatic heterocycles. The largest absolute Gasteiger partial charge is 0.480 e. The number of nitrogens with one attached hydrogen (secondary N) is 1. The molecule has 0 aliphatic carbocycles. The lowest BCUT2D eigenvalue weighted by Crippen LogP contribution is -2.54. The Morgan fingerprint density at radius 3 is 2.60 bits per heavy atom. The first kappa shape index (κ1) is 15.3. The molecule has 0 radical (unpaired) electrons. The minimum Gasteiger partial charge on any atom is -0.480 e. The second kappa shape index (κ2) is 5.38. The molecule has 1 fully saturated rings. The first-order chi connectivity index (χ1) is 9.27. The van der Waals surface area contributed by atoms with Gasteiger partial charge in [0.2, 0.25) is 10.0 Å². The maximum absolute atomic E-state index is 12.4. The van der Waals surface area contributed by atoms with Crippen LogP contribution < -0.4 is 4.72 Å². The molecule has 1 heterocycles. The summed E-state index contributed by atoms with van der Waals surface area (Å²) in [6.07, 6.45) is 0.303. The van der Waals surface area contributed by atoms with E-state index < -0.39 is 21.5 Å². The van der Waals surface area contributed by atoms with Crippen LogP contribution in [0, 0.1) is 13.8 Å². The second-order valence-corrected chi connectivity index (χ2v) is 7.82. The summed E-state index contributed by atoms with van der Waals surface area (Å²) < 4.78 is 27.3. The molecule has 1 atom stereocenters. The standard InChI is InChI=1S/C13H17NO4S2/c1-9-3-4-11(10(2)7-9)20(17,18)14-13(12(15)16)5-6-19-8-13/h3-4,7,14H,5-6,8H2,1-2H3,(H,15,16). The van der Waals surface area contributed by atoms with E-state index in [0.717, 1.165) is 5.56 Å². The zero-order valence-electron chi connectivity index (χ0n) is 11.3. The van der Waals surface area contributed by atoms with Crippen molar-refractivity contribution in [1.29, 1.82) is 0 Å². The first-order valence-electron chi connectivity index (χ1n) is 6.19. The monoisotopic (exact) mass is 315 g/mol. The van der Waals surface area contributed by atoms with Crippen LogP contribution in [0.2, 0.25) is 0 Å². The van der Waals surface area contributed by atoms with Crippen LogP contribution in [0.3, 0.4) is 0 Å². The van der Waals surface area contributed by atoms with Crippen LogP contribution in [0.5, 0.6) is 0 Å². The van der Waals surface area contributed by atoms with E-state index in [9.17, 15) is 18.3 Å². The number of hydrogen-bond donors (Lipinski definition) is 2. The maximum Gasteiger partial charge on any atom is 0.325 e. The van der Waals surface area contributed by atoms with Gasteiger partial charge in [-0.1, -0.05) is 17.7 Å². The summed E-state index contributed by atoms with van der Waals surface area (Å²) in [6.45, 7) is 3.58. The fourth-order valence-electron chi connectivity index (χ4n) is 2.27. The molecule has 1 unspecified atom stereocenters. The molecule has 1 aliphatic rings. The summed E-state index contributed by atoms with van der Waals surface area (Å²) in [6, 6.07) is 4.99. The van der Waals surface area contributed by atoms with Crippen molar-refractivity contribution in [1.82, 2.24) is 4.72 Å². The molecule has 1 aliphatic heterocycles. The van der Waals surface area contributed by atoms with Crippen LogP contribution in [-0.4, -0.2) is 36.5 Å². The number of carbonyl (C=O) groups is 1. The van der Waals surface area contributed by atoms with Gasteiger partial charge in [-0.25, -0.2) is 8.42 Å². The van der Waals surface area contributed by atoms with Gasteiger partial charge in [0.15, 0.2) is 0 Å². The lowest BCUT2D eigenvalue weighted by Gasteiger charge is -2.24. The van der Waals surface area contributed by atoms with E-state index >= 15 is 0 Å². The first-order valence-corrected chi connectivity index (χ1v) is 8.83. The quantitative estimate of drug-likeness (QED) is 0.880. The highest BCUT2D eigenvalue weighted by molar-refractivity contribution is 7.99. The van der Waals surface area contributed by atoms with Crippen LogP contribution in [0.25, 0.3) is 0 Å². The molecule has 1 aromatic rings. The molecular weight excluding hydrogens is 298 g/mol. The van der Waals surface area contributed by atoms with E-state index in [0.29, 0.717) is 17.7 Å². The van der Waals surface area contributed by atoms with Crippen molar-refractivity contribution in [3.63, 3.8) is 0 Å². The second-order valence-electron chi connectivity index (χ2n) is 5.06. The van der Waals surface area contributed by atoms with Crippen LogP contribution in [0.15, 0.2) is 23.1 Å². The van der Waals surface area contributed by atoms with E-state index in [1.165, 1.54) is 17.8 Å². The van der Waals surface area contributed by atoms with Crippen molar-refractivity contribution in [2.75, 3.05) is 11.5 Å². The van der Waals surface area contributed by atoms with Gasteiger partial charge in [-0.15, -0.1) is 0 Å². The Kier molecular flexibility index (Phi) is 4.13. The van der Waals surface area contributed by atoms with E-state index in [2.05, 4.69) is 4.72 Å². The average Bonchev–Trinajstić information content (AvgIpc) is 2.77. The number of thioether (sulfide) groups is 1. The number of carboxylic acids is 1. The zero-order chi connectivity index (χ0) is 15.0. The maximum atomic E-state index is 12.4. The minimum atomic E-state index is -3.84. The predicted octanol–water partition coefficient (Wildman–Crippen LogP) is 1.54. The molecule has 1 aromatic carbocycles. The molecule has 20 heavy (non-hydrogen) atoms. The van der Waals surface area contributed by atoms with Crippen LogP contribution in [0.1, 0.15) is 17.5 Å². The molecule has 0 spiro atoms. The molecule has 0 amide bonds. The summed E-state index contributed by atoms with van der Waals surface area (Å²) in [4.78, 5) is 11.6. The number of aliphatic carboxylic acids is 1. The normalized spacial score (nSPS) is 22.9. The lowest BCUT2D eigenvalue weighted by molar-refractivity contribution is -0.142. The number of sulfonamides is 1. The highest BCUT2D eigenvalue weighted by Gasteiger charge is 2.45. The van der Waals surface area contributed by atoms with Gasteiger partial charge in [0, 0.05) is 5.75 Å². The summed E-state index contributed by atoms with van der Waals surface area (Å²) in [5, 5.41) is 9.35.